The van der Waals surface area contributed by atoms with Crippen LogP contribution in [0.2, 0.25) is 5.02 Å². The van der Waals surface area contributed by atoms with Crippen molar-refractivity contribution < 1.29 is 19.5 Å². The summed E-state index contributed by atoms with van der Waals surface area (Å²) in [5.74, 6) is -0.540. The molecule has 0 atom stereocenters. The lowest BCUT2D eigenvalue weighted by Crippen LogP contribution is -2.54. The van der Waals surface area contributed by atoms with Crippen molar-refractivity contribution in [2.75, 3.05) is 38.1 Å². The molecule has 0 radical (unpaired) electrons. The largest absolute Gasteiger partial charge is 0.384 e. The molecule has 0 aliphatic carbocycles. The van der Waals surface area contributed by atoms with Crippen LogP contribution in [-0.4, -0.2) is 49.1 Å². The lowest BCUT2D eigenvalue weighted by Gasteiger charge is -2.45. The number of unbranched alkanes of at least 4 members (excludes halogenated alkanes) is 1. The lowest BCUT2D eigenvalue weighted by atomic mass is 10.0. The second-order valence-electron chi connectivity index (χ2n) is 8.68. The number of pyridine rings is 1. The molecule has 2 aliphatic heterocycles. The van der Waals surface area contributed by atoms with Gasteiger partial charge >= 0.3 is 0 Å². The summed E-state index contributed by atoms with van der Waals surface area (Å²) in [6.45, 7) is 8.56. The van der Waals surface area contributed by atoms with Gasteiger partial charge in [0.15, 0.2) is 6.20 Å². The van der Waals surface area contributed by atoms with Gasteiger partial charge in [0.1, 0.15) is 5.60 Å². The van der Waals surface area contributed by atoms with E-state index in [0.717, 1.165) is 73.5 Å². The van der Waals surface area contributed by atoms with Crippen molar-refractivity contribution in [1.82, 2.24) is 4.90 Å². The number of hydrogen-bond acceptors (Lipinski definition) is 5. The van der Waals surface area contributed by atoms with Crippen molar-refractivity contribution >= 4 is 28.2 Å². The van der Waals surface area contributed by atoms with E-state index in [0.29, 0.717) is 6.61 Å². The maximum Gasteiger partial charge on any atom is 0.214 e. The number of halogens is 1. The first-order valence-electron chi connectivity index (χ1n) is 10.5. The molecule has 29 heavy (non-hydrogen) atoms. The molecule has 0 unspecified atom stereocenters. The molecule has 2 fully saturated rings. The van der Waals surface area contributed by atoms with E-state index in [9.17, 15) is 0 Å². The molecule has 2 aromatic rings. The third-order valence-electron chi connectivity index (χ3n) is 5.70. The monoisotopic (exact) mass is 420 g/mol. The number of anilines is 1. The van der Waals surface area contributed by atoms with Crippen molar-refractivity contribution in [2.45, 2.75) is 50.9 Å². The molecule has 2 saturated heterocycles. The number of piperidine rings is 1. The second kappa shape index (κ2) is 8.74. The summed E-state index contributed by atoms with van der Waals surface area (Å²) in [7, 11) is 0. The van der Waals surface area contributed by atoms with E-state index in [1.54, 1.807) is 0 Å². The SMILES string of the molecule is CC1(C)COC2(CCN(CCCCNc3cc[nH+]c4cc(Cl)ccc34)CC2)OO1. The number of hydrogen-bond donors (Lipinski definition) is 1. The van der Waals surface area contributed by atoms with Crippen molar-refractivity contribution in [3.63, 3.8) is 0 Å². The van der Waals surface area contributed by atoms with E-state index in [4.69, 9.17) is 26.1 Å². The Morgan fingerprint density at radius 1 is 1.14 bits per heavy atom. The zero-order valence-electron chi connectivity index (χ0n) is 17.3. The molecule has 0 amide bonds. The predicted molar refractivity (Wildman–Crippen MR) is 114 cm³/mol. The molecule has 1 aromatic carbocycles. The zero-order valence-corrected chi connectivity index (χ0v) is 18.1. The highest BCUT2D eigenvalue weighted by atomic mass is 35.5. The molecular formula is C22H31ClN3O3+. The van der Waals surface area contributed by atoms with Crippen LogP contribution < -0.4 is 10.3 Å². The summed E-state index contributed by atoms with van der Waals surface area (Å²) in [4.78, 5) is 16.9. The molecule has 0 bridgehead atoms. The Morgan fingerprint density at radius 3 is 2.72 bits per heavy atom. The Balaban J connectivity index is 1.17. The Bertz CT molecular complexity index is 825. The van der Waals surface area contributed by atoms with Crippen LogP contribution in [0.25, 0.3) is 10.9 Å². The Kier molecular flexibility index (Phi) is 6.27. The average Bonchev–Trinajstić information content (AvgIpc) is 2.71. The maximum absolute atomic E-state index is 6.08. The van der Waals surface area contributed by atoms with Crippen LogP contribution in [-0.2, 0) is 14.5 Å². The van der Waals surface area contributed by atoms with Crippen molar-refractivity contribution in [3.8, 4) is 0 Å². The molecular weight excluding hydrogens is 390 g/mol. The van der Waals surface area contributed by atoms with Gasteiger partial charge in [-0.15, -0.1) is 0 Å². The fraction of sp³-hybridized carbons (Fsp3) is 0.591. The summed E-state index contributed by atoms with van der Waals surface area (Å²) in [5, 5.41) is 5.47. The van der Waals surface area contributed by atoms with Crippen LogP contribution in [0.3, 0.4) is 0 Å². The van der Waals surface area contributed by atoms with Gasteiger partial charge in [0.25, 0.3) is 0 Å². The second-order valence-corrected chi connectivity index (χ2v) is 9.12. The normalized spacial score (nSPS) is 21.5. The molecule has 158 valence electrons. The first kappa shape index (κ1) is 20.8. The molecule has 2 N–H and O–H groups in total. The van der Waals surface area contributed by atoms with Gasteiger partial charge in [-0.25, -0.2) is 14.8 Å². The molecule has 7 heteroatoms. The molecule has 4 rings (SSSR count). The molecule has 0 saturated carbocycles. The standard InChI is InChI=1S/C22H30ClN3O3/c1-21(2)16-27-22(29-28-21)8-13-26(14-9-22)12-4-3-10-24-19-7-11-25-20-15-17(23)5-6-18(19)20/h5-7,11,15H,3-4,8-10,12-14,16H2,1-2H3,(H,24,25)/p+1. The third kappa shape index (κ3) is 5.19. The van der Waals surface area contributed by atoms with Gasteiger partial charge in [0, 0.05) is 49.6 Å². The Labute approximate surface area is 177 Å². The number of nitrogens with zero attached hydrogens (tertiary/aromatic N) is 1. The van der Waals surface area contributed by atoms with Crippen LogP contribution in [0.4, 0.5) is 5.69 Å². The van der Waals surface area contributed by atoms with E-state index in [1.165, 1.54) is 0 Å². The first-order chi connectivity index (χ1) is 13.9. The highest BCUT2D eigenvalue weighted by Crippen LogP contribution is 2.34. The van der Waals surface area contributed by atoms with Gasteiger partial charge in [0.2, 0.25) is 11.3 Å². The van der Waals surface area contributed by atoms with Gasteiger partial charge < -0.3 is 15.0 Å². The summed E-state index contributed by atoms with van der Waals surface area (Å²) in [5.41, 5.74) is 1.83. The Morgan fingerprint density at radius 2 is 1.97 bits per heavy atom. The third-order valence-corrected chi connectivity index (χ3v) is 5.93. The van der Waals surface area contributed by atoms with Crippen LogP contribution in [0.15, 0.2) is 30.5 Å². The number of aromatic nitrogens is 1. The summed E-state index contributed by atoms with van der Waals surface area (Å²) < 4.78 is 6.01. The number of ether oxygens (including phenoxy) is 1. The molecule has 1 aromatic heterocycles. The number of benzene rings is 1. The number of aromatic amines is 1. The van der Waals surface area contributed by atoms with Crippen LogP contribution >= 0.6 is 11.6 Å². The summed E-state index contributed by atoms with van der Waals surface area (Å²) in [6.07, 6.45) is 5.95. The highest BCUT2D eigenvalue weighted by Gasteiger charge is 2.44. The smallest absolute Gasteiger partial charge is 0.214 e. The number of likely N-dealkylation sites (tertiary alicyclic amines) is 1. The molecule has 1 spiro atoms. The summed E-state index contributed by atoms with van der Waals surface area (Å²) >= 11 is 6.08. The van der Waals surface area contributed by atoms with E-state index in [-0.39, 0.29) is 5.60 Å². The number of fused-ring (bicyclic) bond motifs is 1. The fourth-order valence-electron chi connectivity index (χ4n) is 3.90. The quantitative estimate of drug-likeness (QED) is 0.564. The minimum Gasteiger partial charge on any atom is -0.384 e. The van der Waals surface area contributed by atoms with Gasteiger partial charge in [-0.3, -0.25) is 0 Å². The van der Waals surface area contributed by atoms with Gasteiger partial charge in [0.05, 0.1) is 17.7 Å². The van der Waals surface area contributed by atoms with E-state index < -0.39 is 5.79 Å². The topological polar surface area (TPSA) is 57.1 Å². The minimum atomic E-state index is -0.540. The molecule has 2 aliphatic rings. The first-order valence-corrected chi connectivity index (χ1v) is 10.9. The van der Waals surface area contributed by atoms with Crippen molar-refractivity contribution in [3.05, 3.63) is 35.5 Å². The van der Waals surface area contributed by atoms with Crippen LogP contribution in [0.5, 0.6) is 0 Å². The maximum atomic E-state index is 6.08. The van der Waals surface area contributed by atoms with Gasteiger partial charge in [-0.1, -0.05) is 11.6 Å². The van der Waals surface area contributed by atoms with E-state index in [2.05, 4.69) is 27.3 Å². The predicted octanol–water partition coefficient (Wildman–Crippen LogP) is 4.05. The van der Waals surface area contributed by atoms with Crippen LogP contribution in [0, 0.1) is 0 Å². The van der Waals surface area contributed by atoms with Crippen molar-refractivity contribution in [2.24, 2.45) is 0 Å². The fourth-order valence-corrected chi connectivity index (χ4v) is 4.07. The Hall–Kier alpha value is -1.44. The lowest BCUT2D eigenvalue weighted by molar-refractivity contribution is -0.511. The van der Waals surface area contributed by atoms with E-state index in [1.807, 2.05) is 32.2 Å². The average molecular weight is 421 g/mol. The number of rotatable bonds is 6. The molecule has 3 heterocycles. The highest BCUT2D eigenvalue weighted by molar-refractivity contribution is 6.31. The minimum absolute atomic E-state index is 0.357. The molecule has 6 nitrogen and oxygen atoms in total. The van der Waals surface area contributed by atoms with E-state index >= 15 is 0 Å². The van der Waals surface area contributed by atoms with Crippen LogP contribution in [0.1, 0.15) is 39.5 Å². The van der Waals surface area contributed by atoms with Crippen molar-refractivity contribution in [1.29, 1.82) is 0 Å². The summed E-state index contributed by atoms with van der Waals surface area (Å²) in [6, 6.07) is 8.02. The number of nitrogens with one attached hydrogen (secondary N) is 2. The van der Waals surface area contributed by atoms with Gasteiger partial charge in [-0.2, -0.15) is 0 Å². The number of H-pyrrole nitrogens is 1. The van der Waals surface area contributed by atoms with Gasteiger partial charge in [-0.05, 0) is 45.4 Å². The zero-order chi connectivity index (χ0) is 20.3.